The zero-order valence-corrected chi connectivity index (χ0v) is 21.8. The predicted octanol–water partition coefficient (Wildman–Crippen LogP) is 5.15. The fourth-order valence-electron chi connectivity index (χ4n) is 4.89. The summed E-state index contributed by atoms with van der Waals surface area (Å²) >= 11 is 12.1. The topological polar surface area (TPSA) is 83.6 Å². The molecule has 0 aliphatic carbocycles. The summed E-state index contributed by atoms with van der Waals surface area (Å²) in [6.07, 6.45) is 0.00982. The van der Waals surface area contributed by atoms with Crippen LogP contribution in [0.3, 0.4) is 0 Å². The number of benzene rings is 1. The minimum absolute atomic E-state index is 0.0692. The summed E-state index contributed by atoms with van der Waals surface area (Å²) in [5.74, 6) is -0.194. The minimum atomic E-state index is -4.49. The SMILES string of the molecule is CC(C)(Oc1ccc(Cl)cc1Cl)C(=O)NC1C[C@H]2CC[C@@H](C1)N2c1cc(C(=O)NCC(F)(F)F)ccn1. The number of aromatic nitrogens is 1. The summed E-state index contributed by atoms with van der Waals surface area (Å²) in [6.45, 7) is 1.93. The maximum Gasteiger partial charge on any atom is 0.405 e. The molecule has 0 radical (unpaired) electrons. The fourth-order valence-corrected chi connectivity index (χ4v) is 5.34. The van der Waals surface area contributed by atoms with Crippen LogP contribution in [0.4, 0.5) is 19.0 Å². The van der Waals surface area contributed by atoms with E-state index >= 15 is 0 Å². The Labute approximate surface area is 222 Å². The highest BCUT2D eigenvalue weighted by Gasteiger charge is 2.43. The predicted molar refractivity (Wildman–Crippen MR) is 134 cm³/mol. The van der Waals surface area contributed by atoms with Crippen LogP contribution in [0, 0.1) is 0 Å². The van der Waals surface area contributed by atoms with Gasteiger partial charge >= 0.3 is 6.18 Å². The summed E-state index contributed by atoms with van der Waals surface area (Å²) in [6, 6.07) is 7.74. The van der Waals surface area contributed by atoms with Crippen LogP contribution in [0.2, 0.25) is 10.0 Å². The van der Waals surface area contributed by atoms with Crippen LogP contribution in [0.25, 0.3) is 0 Å². The standard InChI is InChI=1S/C25H27Cl2F3N4O3/c1-24(2,37-20-6-3-15(26)10-19(20)27)23(36)33-16-11-17-4-5-18(12-16)34(17)21-9-14(7-8-31-21)22(35)32-13-25(28,29)30/h3,6-10,16-18H,4-5,11-13H2,1-2H3,(H,32,35)(H,33,36)/t16?,17-,18+. The molecule has 2 amide bonds. The van der Waals surface area contributed by atoms with E-state index in [0.29, 0.717) is 34.5 Å². The van der Waals surface area contributed by atoms with Crippen molar-refractivity contribution in [3.05, 3.63) is 52.1 Å². The molecular formula is C25H27Cl2F3N4O3. The Morgan fingerprint density at radius 3 is 2.41 bits per heavy atom. The van der Waals surface area contributed by atoms with Gasteiger partial charge in [0.05, 0.1) is 5.02 Å². The van der Waals surface area contributed by atoms with Gasteiger partial charge in [-0.15, -0.1) is 0 Å². The first-order valence-corrected chi connectivity index (χ1v) is 12.6. The first-order chi connectivity index (χ1) is 17.3. The van der Waals surface area contributed by atoms with E-state index in [4.69, 9.17) is 27.9 Å². The maximum atomic E-state index is 13.1. The monoisotopic (exact) mass is 558 g/mol. The number of nitrogens with zero attached hydrogens (tertiary/aromatic N) is 2. The molecule has 2 aliphatic rings. The van der Waals surface area contributed by atoms with Crippen LogP contribution >= 0.6 is 23.2 Å². The van der Waals surface area contributed by atoms with Crippen molar-refractivity contribution >= 4 is 40.8 Å². The zero-order valence-electron chi connectivity index (χ0n) is 20.2. The van der Waals surface area contributed by atoms with Crippen molar-refractivity contribution in [2.75, 3.05) is 11.4 Å². The number of hydrogen-bond donors (Lipinski definition) is 2. The van der Waals surface area contributed by atoms with Crippen LogP contribution in [-0.4, -0.2) is 53.2 Å². The fraction of sp³-hybridized carbons (Fsp3) is 0.480. The number of pyridine rings is 1. The Kier molecular flexibility index (Phi) is 7.80. The van der Waals surface area contributed by atoms with Crippen LogP contribution in [0.1, 0.15) is 49.9 Å². The third-order valence-corrected chi connectivity index (χ3v) is 7.13. The smallest absolute Gasteiger partial charge is 0.405 e. The average molecular weight is 559 g/mol. The highest BCUT2D eigenvalue weighted by atomic mass is 35.5. The molecule has 2 saturated heterocycles. The lowest BCUT2D eigenvalue weighted by Crippen LogP contribution is -2.55. The summed E-state index contributed by atoms with van der Waals surface area (Å²) in [7, 11) is 0. The van der Waals surface area contributed by atoms with Crippen molar-refractivity contribution in [3.8, 4) is 5.75 Å². The van der Waals surface area contributed by atoms with Crippen molar-refractivity contribution in [3.63, 3.8) is 0 Å². The third kappa shape index (κ3) is 6.59. The molecule has 3 heterocycles. The van der Waals surface area contributed by atoms with Crippen LogP contribution in [0.5, 0.6) is 5.75 Å². The molecule has 12 heteroatoms. The van der Waals surface area contributed by atoms with Gasteiger partial charge in [0.2, 0.25) is 0 Å². The van der Waals surface area contributed by atoms with E-state index in [1.165, 1.54) is 18.3 Å². The maximum absolute atomic E-state index is 13.1. The quantitative estimate of drug-likeness (QED) is 0.490. The molecule has 3 atom stereocenters. The molecule has 0 spiro atoms. The number of piperidine rings is 1. The number of halogens is 5. The lowest BCUT2D eigenvalue weighted by atomic mass is 9.96. The number of rotatable bonds is 7. The van der Waals surface area contributed by atoms with E-state index < -0.39 is 24.2 Å². The number of carbonyl (C=O) groups excluding carboxylic acids is 2. The van der Waals surface area contributed by atoms with Crippen LogP contribution in [0.15, 0.2) is 36.5 Å². The molecule has 4 rings (SSSR count). The molecular weight excluding hydrogens is 532 g/mol. The second kappa shape index (κ2) is 10.6. The molecule has 7 nitrogen and oxygen atoms in total. The van der Waals surface area contributed by atoms with E-state index in [-0.39, 0.29) is 29.6 Å². The summed E-state index contributed by atoms with van der Waals surface area (Å²) < 4.78 is 43.3. The van der Waals surface area contributed by atoms with Crippen molar-refractivity contribution in [1.82, 2.24) is 15.6 Å². The van der Waals surface area contributed by atoms with E-state index in [9.17, 15) is 22.8 Å². The van der Waals surface area contributed by atoms with Crippen molar-refractivity contribution in [1.29, 1.82) is 0 Å². The first-order valence-electron chi connectivity index (χ1n) is 11.9. The summed E-state index contributed by atoms with van der Waals surface area (Å²) in [5, 5.41) is 5.75. The van der Waals surface area contributed by atoms with E-state index in [0.717, 1.165) is 12.8 Å². The molecule has 2 bridgehead atoms. The van der Waals surface area contributed by atoms with Gasteiger partial charge in [0.15, 0.2) is 5.60 Å². The van der Waals surface area contributed by atoms with Crippen LogP contribution in [-0.2, 0) is 4.79 Å². The molecule has 1 aromatic carbocycles. The highest BCUT2D eigenvalue weighted by Crippen LogP contribution is 2.39. The summed E-state index contributed by atoms with van der Waals surface area (Å²) in [5.41, 5.74) is -1.07. The number of alkyl halides is 3. The number of amides is 2. The lowest BCUT2D eigenvalue weighted by molar-refractivity contribution is -0.135. The number of fused-ring (bicyclic) bond motifs is 2. The van der Waals surface area contributed by atoms with Gasteiger partial charge in [0.1, 0.15) is 18.1 Å². The molecule has 2 aliphatic heterocycles. The number of ether oxygens (including phenoxy) is 1. The molecule has 2 aromatic rings. The number of hydrogen-bond acceptors (Lipinski definition) is 5. The molecule has 37 heavy (non-hydrogen) atoms. The van der Waals surface area contributed by atoms with Crippen molar-refractivity contribution in [2.45, 2.75) is 69.4 Å². The number of carbonyl (C=O) groups is 2. The van der Waals surface area contributed by atoms with Gasteiger partial charge in [-0.25, -0.2) is 4.98 Å². The Hall–Kier alpha value is -2.72. The third-order valence-electron chi connectivity index (χ3n) is 6.60. The van der Waals surface area contributed by atoms with Crippen LogP contribution < -0.4 is 20.3 Å². The second-order valence-electron chi connectivity index (χ2n) is 9.82. The largest absolute Gasteiger partial charge is 0.476 e. The Morgan fingerprint density at radius 1 is 1.11 bits per heavy atom. The van der Waals surface area contributed by atoms with Gasteiger partial charge in [-0.3, -0.25) is 9.59 Å². The Morgan fingerprint density at radius 2 is 1.78 bits per heavy atom. The Balaban J connectivity index is 1.39. The molecule has 2 N–H and O–H groups in total. The van der Waals surface area contributed by atoms with Gasteiger partial charge < -0.3 is 20.3 Å². The van der Waals surface area contributed by atoms with Gasteiger partial charge in [0, 0.05) is 34.9 Å². The van der Waals surface area contributed by atoms with Gasteiger partial charge in [-0.2, -0.15) is 13.2 Å². The second-order valence-corrected chi connectivity index (χ2v) is 10.7. The van der Waals surface area contributed by atoms with E-state index in [2.05, 4.69) is 15.2 Å². The number of nitrogens with one attached hydrogen (secondary N) is 2. The molecule has 1 aromatic heterocycles. The first kappa shape index (κ1) is 27.3. The lowest BCUT2D eigenvalue weighted by Gasteiger charge is -2.41. The van der Waals surface area contributed by atoms with Gasteiger partial charge in [0.25, 0.3) is 11.8 Å². The molecule has 200 valence electrons. The van der Waals surface area contributed by atoms with Crippen molar-refractivity contribution < 1.29 is 27.5 Å². The molecule has 2 fully saturated rings. The molecule has 0 saturated carbocycles. The summed E-state index contributed by atoms with van der Waals surface area (Å²) in [4.78, 5) is 31.8. The van der Waals surface area contributed by atoms with E-state index in [1.807, 2.05) is 5.32 Å². The van der Waals surface area contributed by atoms with E-state index in [1.54, 1.807) is 32.0 Å². The Bertz CT molecular complexity index is 1160. The van der Waals surface area contributed by atoms with Gasteiger partial charge in [-0.1, -0.05) is 23.2 Å². The average Bonchev–Trinajstić information content (AvgIpc) is 3.09. The normalized spacial score (nSPS) is 21.5. The molecule has 1 unspecified atom stereocenters. The zero-order chi connectivity index (χ0) is 27.0. The van der Waals surface area contributed by atoms with Gasteiger partial charge in [-0.05, 0) is 69.9 Å². The minimum Gasteiger partial charge on any atom is -0.476 e. The van der Waals surface area contributed by atoms with Crippen molar-refractivity contribution in [2.24, 2.45) is 0 Å². The highest BCUT2D eigenvalue weighted by molar-refractivity contribution is 6.35. The number of anilines is 1.